The van der Waals surface area contributed by atoms with Crippen molar-refractivity contribution in [3.63, 3.8) is 0 Å². The van der Waals surface area contributed by atoms with Gasteiger partial charge in [-0.05, 0) is 36.4 Å². The van der Waals surface area contributed by atoms with Crippen LogP contribution in [0.5, 0.6) is 5.75 Å². The summed E-state index contributed by atoms with van der Waals surface area (Å²) < 4.78 is 23.2. The Labute approximate surface area is 143 Å². The van der Waals surface area contributed by atoms with E-state index in [-0.39, 0.29) is 11.7 Å². The molecule has 0 aliphatic carbocycles. The van der Waals surface area contributed by atoms with Crippen LogP contribution in [0.25, 0.3) is 11.4 Å². The minimum Gasteiger partial charge on any atom is -0.496 e. The van der Waals surface area contributed by atoms with Gasteiger partial charge in [-0.3, -0.25) is 4.79 Å². The predicted octanol–water partition coefficient (Wildman–Crippen LogP) is 2.86. The van der Waals surface area contributed by atoms with Crippen LogP contribution in [0, 0.1) is 5.82 Å². The number of hydrogen-bond acceptors (Lipinski definition) is 5. The summed E-state index contributed by atoms with van der Waals surface area (Å²) in [6.07, 6.45) is 0.384. The number of halogens is 1. The molecule has 0 radical (unpaired) electrons. The third-order valence-electron chi connectivity index (χ3n) is 3.55. The lowest BCUT2D eigenvalue weighted by Gasteiger charge is -2.08. The maximum atomic E-state index is 12.9. The Morgan fingerprint density at radius 3 is 2.72 bits per heavy atom. The van der Waals surface area contributed by atoms with Crippen LogP contribution < -0.4 is 10.1 Å². The van der Waals surface area contributed by atoms with Gasteiger partial charge < -0.3 is 14.6 Å². The highest BCUT2D eigenvalue weighted by Gasteiger charge is 2.12. The largest absolute Gasteiger partial charge is 0.496 e. The summed E-state index contributed by atoms with van der Waals surface area (Å²) in [6, 6.07) is 12.8. The molecule has 0 unspecified atom stereocenters. The summed E-state index contributed by atoms with van der Waals surface area (Å²) in [6.45, 7) is 0.335. The third kappa shape index (κ3) is 4.00. The van der Waals surface area contributed by atoms with Crippen molar-refractivity contribution in [1.29, 1.82) is 0 Å². The lowest BCUT2D eigenvalue weighted by Crippen LogP contribution is -2.26. The number of nitrogens with one attached hydrogen (secondary N) is 1. The number of aromatic nitrogens is 2. The molecular formula is C18H16FN3O3. The fraction of sp³-hybridized carbons (Fsp3) is 0.167. The number of nitrogens with zero attached hydrogens (tertiary/aromatic N) is 2. The number of methoxy groups -OCH3 is 1. The SMILES string of the molecule is COc1ccccc1C(=O)NCCc1nc(-c2ccc(F)cc2)no1. The van der Waals surface area contributed by atoms with E-state index < -0.39 is 0 Å². The molecule has 0 aliphatic heterocycles. The molecule has 3 rings (SSSR count). The molecule has 0 saturated heterocycles. The lowest BCUT2D eigenvalue weighted by atomic mass is 10.2. The average Bonchev–Trinajstić information content (AvgIpc) is 3.11. The van der Waals surface area contributed by atoms with Crippen LogP contribution in [0.4, 0.5) is 4.39 Å². The molecule has 0 aliphatic rings. The molecule has 6 nitrogen and oxygen atoms in total. The van der Waals surface area contributed by atoms with Gasteiger partial charge in [0.15, 0.2) is 0 Å². The van der Waals surface area contributed by atoms with Crippen LogP contribution in [0.2, 0.25) is 0 Å². The van der Waals surface area contributed by atoms with Gasteiger partial charge in [0.05, 0.1) is 12.7 Å². The van der Waals surface area contributed by atoms with E-state index >= 15 is 0 Å². The minimum atomic E-state index is -0.327. The van der Waals surface area contributed by atoms with Gasteiger partial charge in [-0.2, -0.15) is 4.98 Å². The zero-order valence-corrected chi connectivity index (χ0v) is 13.5. The Balaban J connectivity index is 1.57. The van der Waals surface area contributed by atoms with Gasteiger partial charge in [0.2, 0.25) is 11.7 Å². The molecule has 3 aromatic rings. The van der Waals surface area contributed by atoms with Gasteiger partial charge in [0, 0.05) is 18.5 Å². The van der Waals surface area contributed by atoms with Crippen molar-refractivity contribution in [2.45, 2.75) is 6.42 Å². The monoisotopic (exact) mass is 341 g/mol. The highest BCUT2D eigenvalue weighted by molar-refractivity contribution is 5.96. The highest BCUT2D eigenvalue weighted by atomic mass is 19.1. The molecule has 0 saturated carbocycles. The van der Waals surface area contributed by atoms with Gasteiger partial charge in [-0.25, -0.2) is 4.39 Å². The normalized spacial score (nSPS) is 10.5. The van der Waals surface area contributed by atoms with E-state index in [4.69, 9.17) is 9.26 Å². The quantitative estimate of drug-likeness (QED) is 0.746. The minimum absolute atomic E-state index is 0.240. The van der Waals surface area contributed by atoms with Gasteiger partial charge in [-0.15, -0.1) is 0 Å². The van der Waals surface area contributed by atoms with E-state index in [1.165, 1.54) is 19.2 Å². The second kappa shape index (κ2) is 7.57. The van der Waals surface area contributed by atoms with E-state index in [2.05, 4.69) is 15.5 Å². The van der Waals surface area contributed by atoms with Crippen molar-refractivity contribution in [3.8, 4) is 17.1 Å². The number of rotatable bonds is 6. The van der Waals surface area contributed by atoms with Crippen molar-refractivity contribution in [1.82, 2.24) is 15.5 Å². The van der Waals surface area contributed by atoms with E-state index in [0.29, 0.717) is 41.6 Å². The number of amides is 1. The van der Waals surface area contributed by atoms with Gasteiger partial charge >= 0.3 is 0 Å². The number of hydrogen-bond donors (Lipinski definition) is 1. The van der Waals surface area contributed by atoms with E-state index in [1.54, 1.807) is 36.4 Å². The Kier molecular flexibility index (Phi) is 5.03. The first-order valence-corrected chi connectivity index (χ1v) is 7.67. The summed E-state index contributed by atoms with van der Waals surface area (Å²) in [4.78, 5) is 16.4. The van der Waals surface area contributed by atoms with Crippen molar-refractivity contribution >= 4 is 5.91 Å². The second-order valence-corrected chi connectivity index (χ2v) is 5.22. The van der Waals surface area contributed by atoms with Gasteiger partial charge in [0.1, 0.15) is 11.6 Å². The lowest BCUT2D eigenvalue weighted by molar-refractivity contribution is 0.0950. The Morgan fingerprint density at radius 1 is 1.20 bits per heavy atom. The Hall–Kier alpha value is -3.22. The topological polar surface area (TPSA) is 77.2 Å². The van der Waals surface area contributed by atoms with Crippen molar-refractivity contribution in [2.75, 3.05) is 13.7 Å². The Morgan fingerprint density at radius 2 is 1.96 bits per heavy atom. The molecule has 0 spiro atoms. The molecule has 128 valence electrons. The third-order valence-corrected chi connectivity index (χ3v) is 3.55. The number of carbonyl (C=O) groups excluding carboxylic acids is 1. The molecule has 7 heteroatoms. The number of carbonyl (C=O) groups is 1. The van der Waals surface area contributed by atoms with Crippen LogP contribution >= 0.6 is 0 Å². The van der Waals surface area contributed by atoms with Crippen LogP contribution in [-0.4, -0.2) is 29.7 Å². The standard InChI is InChI=1S/C18H16FN3O3/c1-24-15-5-3-2-4-14(15)18(23)20-11-10-16-21-17(22-25-16)12-6-8-13(19)9-7-12/h2-9H,10-11H2,1H3,(H,20,23). The first kappa shape index (κ1) is 16.6. The summed E-state index contributed by atoms with van der Waals surface area (Å²) in [5, 5.41) is 6.64. The number of benzene rings is 2. The van der Waals surface area contributed by atoms with Crippen LogP contribution in [-0.2, 0) is 6.42 Å². The summed E-state index contributed by atoms with van der Waals surface area (Å²) in [5.74, 6) is 0.712. The van der Waals surface area contributed by atoms with Crippen molar-refractivity contribution in [2.24, 2.45) is 0 Å². The zero-order valence-electron chi connectivity index (χ0n) is 13.5. The fourth-order valence-corrected chi connectivity index (χ4v) is 2.28. The summed E-state index contributed by atoms with van der Waals surface area (Å²) in [5.41, 5.74) is 1.12. The van der Waals surface area contributed by atoms with Gasteiger partial charge in [-0.1, -0.05) is 17.3 Å². The van der Waals surface area contributed by atoms with Crippen LogP contribution in [0.15, 0.2) is 53.1 Å². The number of ether oxygens (including phenoxy) is 1. The first-order valence-electron chi connectivity index (χ1n) is 7.67. The average molecular weight is 341 g/mol. The van der Waals surface area contributed by atoms with Gasteiger partial charge in [0.25, 0.3) is 5.91 Å². The fourth-order valence-electron chi connectivity index (χ4n) is 2.28. The Bertz CT molecular complexity index is 862. The van der Waals surface area contributed by atoms with Crippen molar-refractivity contribution in [3.05, 3.63) is 65.8 Å². The molecule has 2 aromatic carbocycles. The molecule has 0 atom stereocenters. The highest BCUT2D eigenvalue weighted by Crippen LogP contribution is 2.17. The van der Waals surface area contributed by atoms with E-state index in [9.17, 15) is 9.18 Å². The molecule has 0 fully saturated rings. The molecule has 25 heavy (non-hydrogen) atoms. The van der Waals surface area contributed by atoms with Crippen LogP contribution in [0.1, 0.15) is 16.2 Å². The van der Waals surface area contributed by atoms with E-state index in [1.807, 2.05) is 0 Å². The molecule has 1 aromatic heterocycles. The molecule has 1 amide bonds. The smallest absolute Gasteiger partial charge is 0.255 e. The van der Waals surface area contributed by atoms with Crippen molar-refractivity contribution < 1.29 is 18.4 Å². The summed E-state index contributed by atoms with van der Waals surface area (Å²) in [7, 11) is 1.52. The molecule has 0 bridgehead atoms. The van der Waals surface area contributed by atoms with E-state index in [0.717, 1.165) is 0 Å². The molecule has 1 N–H and O–H groups in total. The second-order valence-electron chi connectivity index (χ2n) is 5.22. The molecular weight excluding hydrogens is 325 g/mol. The first-order chi connectivity index (χ1) is 12.2. The maximum absolute atomic E-state index is 12.9. The maximum Gasteiger partial charge on any atom is 0.255 e. The number of para-hydroxylation sites is 1. The zero-order chi connectivity index (χ0) is 17.6. The van der Waals surface area contributed by atoms with Crippen LogP contribution in [0.3, 0.4) is 0 Å². The summed E-state index contributed by atoms with van der Waals surface area (Å²) >= 11 is 0. The molecule has 1 heterocycles. The predicted molar refractivity (Wildman–Crippen MR) is 88.7 cm³/mol.